The van der Waals surface area contributed by atoms with Gasteiger partial charge in [0.1, 0.15) is 11.0 Å². The van der Waals surface area contributed by atoms with Gasteiger partial charge in [0.15, 0.2) is 6.29 Å². The van der Waals surface area contributed by atoms with Gasteiger partial charge >= 0.3 is 0 Å². The summed E-state index contributed by atoms with van der Waals surface area (Å²) < 4.78 is 38.5. The van der Waals surface area contributed by atoms with Crippen molar-refractivity contribution < 1.29 is 17.9 Å². The minimum atomic E-state index is -3.47. The van der Waals surface area contributed by atoms with Gasteiger partial charge in [0.25, 0.3) is 0 Å². The molecular formula is C21H28ClN3O4S. The van der Waals surface area contributed by atoms with Gasteiger partial charge in [-0.15, -0.1) is 0 Å². The zero-order chi connectivity index (χ0) is 21.6. The Morgan fingerprint density at radius 1 is 1.30 bits per heavy atom. The fraction of sp³-hybridized carbons (Fsp3) is 0.476. The number of unbranched alkanes of at least 4 members (excludes halogenated alkanes) is 1. The van der Waals surface area contributed by atoms with Crippen molar-refractivity contribution in [3.63, 3.8) is 0 Å². The molecule has 1 aliphatic rings. The van der Waals surface area contributed by atoms with Gasteiger partial charge in [-0.2, -0.15) is 0 Å². The van der Waals surface area contributed by atoms with Gasteiger partial charge in [0, 0.05) is 0 Å². The van der Waals surface area contributed by atoms with Crippen molar-refractivity contribution in [2.24, 2.45) is 5.73 Å². The van der Waals surface area contributed by atoms with Crippen molar-refractivity contribution in [3.05, 3.63) is 58.7 Å². The van der Waals surface area contributed by atoms with E-state index in [1.165, 1.54) is 0 Å². The van der Waals surface area contributed by atoms with Crippen molar-refractivity contribution in [3.8, 4) is 0 Å². The van der Waals surface area contributed by atoms with Crippen LogP contribution in [0, 0.1) is 0 Å². The molecule has 1 aromatic carbocycles. The lowest BCUT2D eigenvalue weighted by Crippen LogP contribution is -2.50. The lowest BCUT2D eigenvalue weighted by atomic mass is 9.90. The molecule has 3 N–H and O–H groups in total. The maximum Gasteiger partial charge on any atom is 0.233 e. The molecular weight excluding hydrogens is 426 g/mol. The number of aromatic nitrogens is 1. The van der Waals surface area contributed by atoms with Crippen molar-refractivity contribution in [2.45, 2.75) is 51.0 Å². The van der Waals surface area contributed by atoms with E-state index in [9.17, 15) is 8.42 Å². The number of pyridine rings is 1. The fourth-order valence-electron chi connectivity index (χ4n) is 3.40. The summed E-state index contributed by atoms with van der Waals surface area (Å²) in [5.74, 6) is 0.210. The Bertz CT molecular complexity index is 943. The number of hydrogen-bond donors (Lipinski definition) is 2. The first-order chi connectivity index (χ1) is 14.3. The van der Waals surface area contributed by atoms with Crippen LogP contribution in [-0.2, 0) is 32.5 Å². The highest BCUT2D eigenvalue weighted by Crippen LogP contribution is 2.29. The van der Waals surface area contributed by atoms with E-state index in [2.05, 4.69) is 9.71 Å². The van der Waals surface area contributed by atoms with E-state index < -0.39 is 21.9 Å². The summed E-state index contributed by atoms with van der Waals surface area (Å²) in [5, 5.41) is 0.180. The first-order valence-corrected chi connectivity index (χ1v) is 12.1. The number of nitrogens with one attached hydrogen (secondary N) is 1. The van der Waals surface area contributed by atoms with Gasteiger partial charge in [-0.3, -0.25) is 4.72 Å². The average Bonchev–Trinajstić information content (AvgIpc) is 3.04. The summed E-state index contributed by atoms with van der Waals surface area (Å²) >= 11 is 6.08. The maximum atomic E-state index is 12.1. The molecule has 1 aliphatic heterocycles. The molecule has 164 valence electrons. The van der Waals surface area contributed by atoms with Gasteiger partial charge < -0.3 is 15.2 Å². The van der Waals surface area contributed by atoms with E-state index in [1.54, 1.807) is 12.1 Å². The van der Waals surface area contributed by atoms with E-state index >= 15 is 0 Å². The SMILES string of the molecule is CCCCS(=O)(=O)Nc1cc(COC2OCCC2(N)Cc2ccccc2)cc(Cl)n1. The second kappa shape index (κ2) is 10.1. The number of anilines is 1. The van der Waals surface area contributed by atoms with Gasteiger partial charge in [-0.05, 0) is 42.5 Å². The number of nitrogens with zero attached hydrogens (tertiary/aromatic N) is 1. The number of hydrogen-bond acceptors (Lipinski definition) is 6. The first kappa shape index (κ1) is 23.0. The molecule has 0 bridgehead atoms. The molecule has 1 fully saturated rings. The smallest absolute Gasteiger partial charge is 0.233 e. The number of ether oxygens (including phenoxy) is 2. The van der Waals surface area contributed by atoms with Crippen LogP contribution < -0.4 is 10.5 Å². The van der Waals surface area contributed by atoms with Crippen LogP contribution in [0.15, 0.2) is 42.5 Å². The lowest BCUT2D eigenvalue weighted by molar-refractivity contribution is -0.145. The predicted molar refractivity (Wildman–Crippen MR) is 118 cm³/mol. The van der Waals surface area contributed by atoms with E-state index in [0.717, 1.165) is 12.0 Å². The van der Waals surface area contributed by atoms with Crippen LogP contribution in [-0.4, -0.2) is 37.6 Å². The zero-order valence-corrected chi connectivity index (χ0v) is 18.6. The molecule has 0 radical (unpaired) electrons. The van der Waals surface area contributed by atoms with Crippen LogP contribution in [0.4, 0.5) is 5.82 Å². The molecule has 9 heteroatoms. The fourth-order valence-corrected chi connectivity index (χ4v) is 4.83. The van der Waals surface area contributed by atoms with Crippen molar-refractivity contribution in [2.75, 3.05) is 17.1 Å². The second-order valence-corrected chi connectivity index (χ2v) is 9.85. The molecule has 7 nitrogen and oxygen atoms in total. The molecule has 1 saturated heterocycles. The molecule has 2 unspecified atom stereocenters. The average molecular weight is 454 g/mol. The Kier molecular flexibility index (Phi) is 7.70. The van der Waals surface area contributed by atoms with Crippen molar-refractivity contribution >= 4 is 27.4 Å². The van der Waals surface area contributed by atoms with E-state index in [0.29, 0.717) is 31.4 Å². The van der Waals surface area contributed by atoms with Gasteiger partial charge in [0.2, 0.25) is 10.0 Å². The molecule has 3 rings (SSSR count). The quantitative estimate of drug-likeness (QED) is 0.534. The van der Waals surface area contributed by atoms with Crippen LogP contribution in [0.25, 0.3) is 0 Å². The first-order valence-electron chi connectivity index (χ1n) is 10.0. The summed E-state index contributed by atoms with van der Waals surface area (Å²) in [7, 11) is -3.47. The largest absolute Gasteiger partial charge is 0.351 e. The van der Waals surface area contributed by atoms with E-state index in [1.807, 2.05) is 37.3 Å². The number of sulfonamides is 1. The van der Waals surface area contributed by atoms with Crippen LogP contribution in [0.3, 0.4) is 0 Å². The highest BCUT2D eigenvalue weighted by atomic mass is 35.5. The molecule has 0 aliphatic carbocycles. The molecule has 0 saturated carbocycles. The minimum absolute atomic E-state index is 0.0363. The van der Waals surface area contributed by atoms with E-state index in [-0.39, 0.29) is 23.3 Å². The van der Waals surface area contributed by atoms with Crippen molar-refractivity contribution in [1.29, 1.82) is 0 Å². The third-order valence-corrected chi connectivity index (χ3v) is 6.50. The highest BCUT2D eigenvalue weighted by Gasteiger charge is 2.41. The summed E-state index contributed by atoms with van der Waals surface area (Å²) in [6, 6.07) is 13.2. The van der Waals surface area contributed by atoms with E-state index in [4.69, 9.17) is 26.8 Å². The number of halogens is 1. The minimum Gasteiger partial charge on any atom is -0.351 e. The standard InChI is InChI=1S/C21H28ClN3O4S/c1-2-3-11-30(26,27)25-19-13-17(12-18(22)24-19)15-29-20-21(23,9-10-28-20)14-16-7-5-4-6-8-16/h4-8,12-13,20H,2-3,9-11,14-15,23H2,1H3,(H,24,25). The van der Waals surface area contributed by atoms with Gasteiger partial charge in [-0.1, -0.05) is 55.3 Å². The maximum absolute atomic E-state index is 12.1. The Balaban J connectivity index is 1.65. The summed E-state index contributed by atoms with van der Waals surface area (Å²) in [6.07, 6.45) is 2.11. The van der Waals surface area contributed by atoms with Crippen molar-refractivity contribution in [1.82, 2.24) is 4.98 Å². The predicted octanol–water partition coefficient (Wildman–Crippen LogP) is 3.48. The molecule has 2 heterocycles. The monoisotopic (exact) mass is 453 g/mol. The number of nitrogens with two attached hydrogens (primary N) is 1. The molecule has 30 heavy (non-hydrogen) atoms. The third kappa shape index (κ3) is 6.39. The normalized spacial score (nSPS) is 21.6. The zero-order valence-electron chi connectivity index (χ0n) is 17.0. The molecule has 1 aromatic heterocycles. The molecule has 2 aromatic rings. The summed E-state index contributed by atoms with van der Waals surface area (Å²) in [4.78, 5) is 4.05. The number of rotatable bonds is 10. The molecule has 2 atom stereocenters. The van der Waals surface area contributed by atoms with Gasteiger partial charge in [0.05, 0.1) is 24.5 Å². The Morgan fingerprint density at radius 3 is 2.80 bits per heavy atom. The molecule has 0 spiro atoms. The topological polar surface area (TPSA) is 104 Å². The van der Waals surface area contributed by atoms with Crippen LogP contribution in [0.2, 0.25) is 5.15 Å². The molecule has 0 amide bonds. The Morgan fingerprint density at radius 2 is 2.07 bits per heavy atom. The summed E-state index contributed by atoms with van der Waals surface area (Å²) in [6.45, 7) is 2.63. The van der Waals surface area contributed by atoms with Crippen LogP contribution >= 0.6 is 11.6 Å². The van der Waals surface area contributed by atoms with Gasteiger partial charge in [-0.25, -0.2) is 13.4 Å². The van der Waals surface area contributed by atoms with Crippen LogP contribution in [0.1, 0.15) is 37.3 Å². The highest BCUT2D eigenvalue weighted by molar-refractivity contribution is 7.92. The third-order valence-electron chi connectivity index (χ3n) is 4.96. The van der Waals surface area contributed by atoms with Crippen LogP contribution in [0.5, 0.6) is 0 Å². The number of benzene rings is 1. The Hall–Kier alpha value is -1.71. The second-order valence-electron chi connectivity index (χ2n) is 7.62. The lowest BCUT2D eigenvalue weighted by Gasteiger charge is -2.30. The summed E-state index contributed by atoms with van der Waals surface area (Å²) in [5.41, 5.74) is 7.77. The Labute approximate surface area is 183 Å².